The van der Waals surface area contributed by atoms with E-state index in [0.29, 0.717) is 6.04 Å². The van der Waals surface area contributed by atoms with Crippen molar-refractivity contribution in [2.45, 2.75) is 32.4 Å². The molecule has 0 aliphatic carbocycles. The normalized spacial score (nSPS) is 20.2. The minimum absolute atomic E-state index is 0.636. The van der Waals surface area contributed by atoms with Gasteiger partial charge in [0.25, 0.3) is 0 Å². The quantitative estimate of drug-likeness (QED) is 0.899. The Morgan fingerprint density at radius 1 is 1.53 bits per heavy atom. The second-order valence-electron chi connectivity index (χ2n) is 5.12. The lowest BCUT2D eigenvalue weighted by molar-refractivity contribution is 0.164. The molecule has 0 amide bonds. The number of hydrogen-bond donors (Lipinski definition) is 1. The molecule has 1 unspecified atom stereocenters. The minimum atomic E-state index is 0.636. The molecular weight excluding hydrogens is 238 g/mol. The molecule has 0 saturated carbocycles. The molecular formula is C14H21N5. The first kappa shape index (κ1) is 12.6. The summed E-state index contributed by atoms with van der Waals surface area (Å²) in [6.45, 7) is 6.45. The Hall–Kier alpha value is -1.46. The maximum Gasteiger partial charge on any atom is 0.233 e. The molecule has 0 aromatic carbocycles. The zero-order valence-electron chi connectivity index (χ0n) is 11.4. The molecule has 0 spiro atoms. The first-order valence-electron chi connectivity index (χ1n) is 7.10. The molecule has 1 saturated heterocycles. The van der Waals surface area contributed by atoms with Crippen LogP contribution in [-0.2, 0) is 6.54 Å². The molecule has 102 valence electrons. The fraction of sp³-hybridized carbons (Fsp3) is 0.571. The summed E-state index contributed by atoms with van der Waals surface area (Å²) in [6, 6.07) is 2.57. The number of imidazole rings is 1. The second-order valence-corrected chi connectivity index (χ2v) is 5.12. The molecule has 5 heteroatoms. The third-order valence-electron chi connectivity index (χ3n) is 3.84. The summed E-state index contributed by atoms with van der Waals surface area (Å²) in [5, 5.41) is 3.48. The van der Waals surface area contributed by atoms with Crippen molar-refractivity contribution >= 4 is 5.78 Å². The molecule has 0 radical (unpaired) electrons. The zero-order valence-corrected chi connectivity index (χ0v) is 11.4. The minimum Gasteiger partial charge on any atom is -0.315 e. The molecule has 1 aliphatic heterocycles. The average Bonchev–Trinajstić information content (AvgIpc) is 2.88. The SMILES string of the molecule is CCN(Cc1cn2cccnc2n1)C1CCCNC1. The van der Waals surface area contributed by atoms with E-state index in [-0.39, 0.29) is 0 Å². The van der Waals surface area contributed by atoms with Gasteiger partial charge in [0.15, 0.2) is 0 Å². The maximum absolute atomic E-state index is 4.59. The fourth-order valence-electron chi connectivity index (χ4n) is 2.81. The van der Waals surface area contributed by atoms with Crippen LogP contribution in [-0.4, -0.2) is 44.9 Å². The van der Waals surface area contributed by atoms with Crippen molar-refractivity contribution in [1.29, 1.82) is 0 Å². The summed E-state index contributed by atoms with van der Waals surface area (Å²) in [5.41, 5.74) is 1.10. The maximum atomic E-state index is 4.59. The largest absolute Gasteiger partial charge is 0.315 e. The van der Waals surface area contributed by atoms with E-state index in [4.69, 9.17) is 0 Å². The molecule has 5 nitrogen and oxygen atoms in total. The van der Waals surface area contributed by atoms with E-state index in [9.17, 15) is 0 Å². The topological polar surface area (TPSA) is 45.5 Å². The van der Waals surface area contributed by atoms with E-state index in [0.717, 1.165) is 37.7 Å². The third-order valence-corrected chi connectivity index (χ3v) is 3.84. The Bertz CT molecular complexity index is 496. The van der Waals surface area contributed by atoms with Gasteiger partial charge in [-0.15, -0.1) is 0 Å². The van der Waals surface area contributed by atoms with Crippen LogP contribution in [0.15, 0.2) is 24.7 Å². The molecule has 0 bridgehead atoms. The van der Waals surface area contributed by atoms with Gasteiger partial charge in [-0.2, -0.15) is 0 Å². The second kappa shape index (κ2) is 5.67. The van der Waals surface area contributed by atoms with E-state index >= 15 is 0 Å². The number of piperidine rings is 1. The van der Waals surface area contributed by atoms with Gasteiger partial charge in [-0.3, -0.25) is 9.30 Å². The van der Waals surface area contributed by atoms with Gasteiger partial charge >= 0.3 is 0 Å². The lowest BCUT2D eigenvalue weighted by Crippen LogP contribution is -2.45. The Kier molecular flexibility index (Phi) is 3.75. The highest BCUT2D eigenvalue weighted by Crippen LogP contribution is 2.14. The van der Waals surface area contributed by atoms with Crippen molar-refractivity contribution in [3.63, 3.8) is 0 Å². The number of rotatable bonds is 4. The highest BCUT2D eigenvalue weighted by molar-refractivity contribution is 5.29. The van der Waals surface area contributed by atoms with Crippen molar-refractivity contribution in [1.82, 2.24) is 24.6 Å². The fourth-order valence-corrected chi connectivity index (χ4v) is 2.81. The first-order chi connectivity index (χ1) is 9.36. The summed E-state index contributed by atoms with van der Waals surface area (Å²) in [6.07, 6.45) is 8.42. The van der Waals surface area contributed by atoms with Crippen LogP contribution in [0.5, 0.6) is 0 Å². The van der Waals surface area contributed by atoms with E-state index in [2.05, 4.69) is 33.3 Å². The van der Waals surface area contributed by atoms with E-state index in [1.165, 1.54) is 12.8 Å². The van der Waals surface area contributed by atoms with Crippen LogP contribution in [0.1, 0.15) is 25.5 Å². The Labute approximate surface area is 113 Å². The van der Waals surface area contributed by atoms with E-state index in [1.54, 1.807) is 6.20 Å². The third kappa shape index (κ3) is 2.77. The van der Waals surface area contributed by atoms with Gasteiger partial charge in [0.05, 0.1) is 5.69 Å². The standard InChI is InChI=1S/C14H21N5/c1-2-18(13-5-3-6-15-9-13)10-12-11-19-8-4-7-16-14(19)17-12/h4,7-8,11,13,15H,2-3,5-6,9-10H2,1H3. The van der Waals surface area contributed by atoms with Gasteiger partial charge in [0.1, 0.15) is 0 Å². The molecule has 1 atom stereocenters. The number of nitrogens with zero attached hydrogens (tertiary/aromatic N) is 4. The highest BCUT2D eigenvalue weighted by atomic mass is 15.2. The number of likely N-dealkylation sites (N-methyl/N-ethyl adjacent to an activating group) is 1. The van der Waals surface area contributed by atoms with Gasteiger partial charge < -0.3 is 5.32 Å². The number of hydrogen-bond acceptors (Lipinski definition) is 4. The van der Waals surface area contributed by atoms with Crippen LogP contribution >= 0.6 is 0 Å². The van der Waals surface area contributed by atoms with Crippen molar-refractivity contribution in [3.05, 3.63) is 30.4 Å². The van der Waals surface area contributed by atoms with Crippen molar-refractivity contribution in [3.8, 4) is 0 Å². The summed E-state index contributed by atoms with van der Waals surface area (Å²) >= 11 is 0. The molecule has 1 aliphatic rings. The highest BCUT2D eigenvalue weighted by Gasteiger charge is 2.20. The predicted molar refractivity (Wildman–Crippen MR) is 75.0 cm³/mol. The monoisotopic (exact) mass is 259 g/mol. The van der Waals surface area contributed by atoms with Gasteiger partial charge in [-0.05, 0) is 32.0 Å². The summed E-state index contributed by atoms with van der Waals surface area (Å²) in [4.78, 5) is 11.4. The van der Waals surface area contributed by atoms with Crippen molar-refractivity contribution in [2.24, 2.45) is 0 Å². The average molecular weight is 259 g/mol. The number of aromatic nitrogens is 3. The lowest BCUT2D eigenvalue weighted by atomic mass is 10.1. The number of fused-ring (bicyclic) bond motifs is 1. The van der Waals surface area contributed by atoms with Gasteiger partial charge in [-0.1, -0.05) is 6.92 Å². The Morgan fingerprint density at radius 2 is 2.47 bits per heavy atom. The molecule has 1 fully saturated rings. The number of nitrogens with one attached hydrogen (secondary N) is 1. The smallest absolute Gasteiger partial charge is 0.233 e. The van der Waals surface area contributed by atoms with Crippen LogP contribution in [0, 0.1) is 0 Å². The van der Waals surface area contributed by atoms with Crippen LogP contribution in [0.2, 0.25) is 0 Å². The molecule has 2 aromatic heterocycles. The van der Waals surface area contributed by atoms with Gasteiger partial charge in [-0.25, -0.2) is 9.97 Å². The van der Waals surface area contributed by atoms with Crippen molar-refractivity contribution in [2.75, 3.05) is 19.6 Å². The summed E-state index contributed by atoms with van der Waals surface area (Å²) in [7, 11) is 0. The molecule has 1 N–H and O–H groups in total. The van der Waals surface area contributed by atoms with Crippen LogP contribution in [0.4, 0.5) is 0 Å². The van der Waals surface area contributed by atoms with Gasteiger partial charge in [0, 0.05) is 37.7 Å². The molecule has 19 heavy (non-hydrogen) atoms. The summed E-state index contributed by atoms with van der Waals surface area (Å²) < 4.78 is 1.99. The zero-order chi connectivity index (χ0) is 13.1. The van der Waals surface area contributed by atoms with Crippen LogP contribution < -0.4 is 5.32 Å². The predicted octanol–water partition coefficient (Wildman–Crippen LogP) is 1.30. The van der Waals surface area contributed by atoms with Crippen LogP contribution in [0.3, 0.4) is 0 Å². The van der Waals surface area contributed by atoms with Gasteiger partial charge in [0.2, 0.25) is 5.78 Å². The first-order valence-corrected chi connectivity index (χ1v) is 7.10. The molecule has 3 rings (SSSR count). The lowest BCUT2D eigenvalue weighted by Gasteiger charge is -2.33. The Balaban J connectivity index is 1.74. The van der Waals surface area contributed by atoms with E-state index < -0.39 is 0 Å². The Morgan fingerprint density at radius 3 is 3.21 bits per heavy atom. The summed E-state index contributed by atoms with van der Waals surface area (Å²) in [5.74, 6) is 0.787. The van der Waals surface area contributed by atoms with Crippen LogP contribution in [0.25, 0.3) is 5.78 Å². The van der Waals surface area contributed by atoms with Crippen molar-refractivity contribution < 1.29 is 0 Å². The van der Waals surface area contributed by atoms with E-state index in [1.807, 2.05) is 16.7 Å². The molecule has 3 heterocycles. The molecule has 2 aromatic rings.